The summed E-state index contributed by atoms with van der Waals surface area (Å²) in [6.07, 6.45) is 9.10. The molecule has 1 amide bonds. The van der Waals surface area contributed by atoms with Crippen molar-refractivity contribution in [2.75, 3.05) is 6.54 Å². The smallest absolute Gasteiger partial charge is 0.254 e. The normalized spacial score (nSPS) is 26.8. The lowest BCUT2D eigenvalue weighted by molar-refractivity contribution is 0.0490. The van der Waals surface area contributed by atoms with E-state index in [2.05, 4.69) is 17.1 Å². The first-order valence-electron chi connectivity index (χ1n) is 6.87. The topological polar surface area (TPSA) is 20.3 Å². The lowest BCUT2D eigenvalue weighted by atomic mass is 9.81. The van der Waals surface area contributed by atoms with Gasteiger partial charge >= 0.3 is 0 Å². The van der Waals surface area contributed by atoms with Crippen LogP contribution in [0.25, 0.3) is 0 Å². The zero-order valence-corrected chi connectivity index (χ0v) is 10.6. The molecule has 1 aliphatic heterocycles. The van der Waals surface area contributed by atoms with Gasteiger partial charge in [0.05, 0.1) is 0 Å². The van der Waals surface area contributed by atoms with Gasteiger partial charge < -0.3 is 4.90 Å². The molecule has 0 unspecified atom stereocenters. The Morgan fingerprint density at radius 3 is 2.72 bits per heavy atom. The van der Waals surface area contributed by atoms with Crippen molar-refractivity contribution in [3.05, 3.63) is 48.0 Å². The Balaban J connectivity index is 1.82. The first-order chi connectivity index (χ1) is 8.86. The number of carbonyl (C=O) groups is 1. The number of nitrogens with zero attached hydrogens (tertiary/aromatic N) is 1. The summed E-state index contributed by atoms with van der Waals surface area (Å²) in [6, 6.07) is 10.1. The van der Waals surface area contributed by atoms with E-state index in [1.807, 2.05) is 30.3 Å². The first kappa shape index (κ1) is 11.5. The van der Waals surface area contributed by atoms with Crippen molar-refractivity contribution in [1.82, 2.24) is 4.90 Å². The third-order valence-corrected chi connectivity index (χ3v) is 4.18. The minimum Gasteiger partial charge on any atom is -0.335 e. The van der Waals surface area contributed by atoms with Crippen molar-refractivity contribution in [3.63, 3.8) is 0 Å². The molecular weight excluding hydrogens is 222 g/mol. The van der Waals surface area contributed by atoms with Crippen LogP contribution >= 0.6 is 0 Å². The maximum Gasteiger partial charge on any atom is 0.254 e. The maximum atomic E-state index is 12.6. The van der Waals surface area contributed by atoms with Crippen molar-refractivity contribution in [2.45, 2.75) is 31.7 Å². The van der Waals surface area contributed by atoms with Crippen LogP contribution < -0.4 is 0 Å². The molecule has 1 saturated heterocycles. The van der Waals surface area contributed by atoms with Crippen LogP contribution in [-0.2, 0) is 0 Å². The molecule has 0 radical (unpaired) electrons. The third-order valence-electron chi connectivity index (χ3n) is 4.18. The standard InChI is InChI=1S/C16H19NO/c18-16(14-8-2-1-3-9-14)17-12-6-10-13-7-4-5-11-15(13)17/h1-5,8-9,13,15H,6-7,10-12H2/t13-,15-/m0/s1. The fourth-order valence-corrected chi connectivity index (χ4v) is 3.24. The van der Waals surface area contributed by atoms with E-state index < -0.39 is 0 Å². The summed E-state index contributed by atoms with van der Waals surface area (Å²) in [5, 5.41) is 0. The van der Waals surface area contributed by atoms with Gasteiger partial charge in [-0.25, -0.2) is 0 Å². The van der Waals surface area contributed by atoms with E-state index >= 15 is 0 Å². The quantitative estimate of drug-likeness (QED) is 0.691. The number of likely N-dealkylation sites (tertiary alicyclic amines) is 1. The molecule has 1 aliphatic carbocycles. The van der Waals surface area contributed by atoms with E-state index in [4.69, 9.17) is 0 Å². The number of benzene rings is 1. The van der Waals surface area contributed by atoms with E-state index in [0.717, 1.165) is 31.4 Å². The second kappa shape index (κ2) is 4.97. The predicted octanol–water partition coefficient (Wildman–Crippen LogP) is 3.26. The fourth-order valence-electron chi connectivity index (χ4n) is 3.24. The molecular formula is C16H19NO. The molecule has 1 heterocycles. The molecule has 1 aromatic carbocycles. The monoisotopic (exact) mass is 241 g/mol. The Morgan fingerprint density at radius 2 is 1.89 bits per heavy atom. The Labute approximate surface area is 108 Å². The van der Waals surface area contributed by atoms with E-state index in [9.17, 15) is 4.79 Å². The van der Waals surface area contributed by atoms with E-state index in [0.29, 0.717) is 12.0 Å². The SMILES string of the molecule is O=C(c1ccccc1)N1CCC[C@@H]2CC=CC[C@@H]21. The number of fused-ring (bicyclic) bond motifs is 1. The Bertz CT molecular complexity index is 451. The lowest BCUT2D eigenvalue weighted by Gasteiger charge is -2.42. The maximum absolute atomic E-state index is 12.6. The molecule has 2 nitrogen and oxygen atoms in total. The highest BCUT2D eigenvalue weighted by Gasteiger charge is 2.34. The average Bonchev–Trinajstić information content (AvgIpc) is 2.47. The van der Waals surface area contributed by atoms with Gasteiger partial charge in [-0.2, -0.15) is 0 Å². The zero-order chi connectivity index (χ0) is 12.4. The van der Waals surface area contributed by atoms with E-state index in [-0.39, 0.29) is 5.91 Å². The molecule has 0 bridgehead atoms. The molecule has 2 atom stereocenters. The molecule has 0 N–H and O–H groups in total. The zero-order valence-electron chi connectivity index (χ0n) is 10.6. The van der Waals surface area contributed by atoms with Crippen LogP contribution in [-0.4, -0.2) is 23.4 Å². The van der Waals surface area contributed by atoms with Crippen LogP contribution in [0.4, 0.5) is 0 Å². The summed E-state index contributed by atoms with van der Waals surface area (Å²) in [7, 11) is 0. The van der Waals surface area contributed by atoms with Gasteiger partial charge in [-0.15, -0.1) is 0 Å². The molecule has 94 valence electrons. The summed E-state index contributed by atoms with van der Waals surface area (Å²) in [5.74, 6) is 0.886. The summed E-state index contributed by atoms with van der Waals surface area (Å²) in [4.78, 5) is 14.7. The average molecular weight is 241 g/mol. The minimum absolute atomic E-state index is 0.209. The van der Waals surface area contributed by atoms with Crippen molar-refractivity contribution >= 4 is 5.91 Å². The minimum atomic E-state index is 0.209. The highest BCUT2D eigenvalue weighted by atomic mass is 16.2. The van der Waals surface area contributed by atoms with Gasteiger partial charge in [0.1, 0.15) is 0 Å². The molecule has 2 aliphatic rings. The number of hydrogen-bond donors (Lipinski definition) is 0. The van der Waals surface area contributed by atoms with Crippen molar-refractivity contribution in [3.8, 4) is 0 Å². The van der Waals surface area contributed by atoms with Crippen LogP contribution in [0.5, 0.6) is 0 Å². The van der Waals surface area contributed by atoms with Crippen LogP contribution in [0.15, 0.2) is 42.5 Å². The summed E-state index contributed by atoms with van der Waals surface area (Å²) in [5.41, 5.74) is 0.827. The Hall–Kier alpha value is -1.57. The molecule has 1 fully saturated rings. The van der Waals surface area contributed by atoms with E-state index in [1.54, 1.807) is 0 Å². The van der Waals surface area contributed by atoms with Gasteiger partial charge in [0.15, 0.2) is 0 Å². The van der Waals surface area contributed by atoms with Crippen LogP contribution in [0.3, 0.4) is 0 Å². The van der Waals surface area contributed by atoms with Gasteiger partial charge in [-0.3, -0.25) is 4.79 Å². The van der Waals surface area contributed by atoms with Crippen LogP contribution in [0.2, 0.25) is 0 Å². The number of carbonyl (C=O) groups excluding carboxylic acids is 1. The third kappa shape index (κ3) is 2.07. The molecule has 0 aromatic heterocycles. The first-order valence-corrected chi connectivity index (χ1v) is 6.87. The van der Waals surface area contributed by atoms with Crippen molar-refractivity contribution in [1.29, 1.82) is 0 Å². The van der Waals surface area contributed by atoms with Gasteiger partial charge in [0.2, 0.25) is 0 Å². The Morgan fingerprint density at radius 1 is 1.11 bits per heavy atom. The van der Waals surface area contributed by atoms with Gasteiger partial charge in [-0.1, -0.05) is 30.4 Å². The second-order valence-corrected chi connectivity index (χ2v) is 5.28. The van der Waals surface area contributed by atoms with Crippen molar-refractivity contribution in [2.24, 2.45) is 5.92 Å². The number of piperidine rings is 1. The summed E-state index contributed by atoms with van der Waals surface area (Å²) in [6.45, 7) is 0.919. The highest BCUT2D eigenvalue weighted by molar-refractivity contribution is 5.94. The van der Waals surface area contributed by atoms with Crippen LogP contribution in [0, 0.1) is 5.92 Å². The number of hydrogen-bond acceptors (Lipinski definition) is 1. The number of amides is 1. The summed E-state index contributed by atoms with van der Waals surface area (Å²) >= 11 is 0. The van der Waals surface area contributed by atoms with Gasteiger partial charge in [0, 0.05) is 18.2 Å². The molecule has 1 aromatic rings. The fraction of sp³-hybridized carbons (Fsp3) is 0.438. The number of rotatable bonds is 1. The number of allylic oxidation sites excluding steroid dienone is 1. The van der Waals surface area contributed by atoms with E-state index in [1.165, 1.54) is 6.42 Å². The Kier molecular flexibility index (Phi) is 3.18. The second-order valence-electron chi connectivity index (χ2n) is 5.28. The van der Waals surface area contributed by atoms with Gasteiger partial charge in [0.25, 0.3) is 5.91 Å². The summed E-state index contributed by atoms with van der Waals surface area (Å²) < 4.78 is 0. The lowest BCUT2D eigenvalue weighted by Crippen LogP contribution is -2.48. The molecule has 2 heteroatoms. The van der Waals surface area contributed by atoms with Crippen molar-refractivity contribution < 1.29 is 4.79 Å². The molecule has 3 rings (SSSR count). The van der Waals surface area contributed by atoms with Gasteiger partial charge in [-0.05, 0) is 43.7 Å². The van der Waals surface area contributed by atoms with Crippen LogP contribution in [0.1, 0.15) is 36.0 Å². The predicted molar refractivity (Wildman–Crippen MR) is 72.4 cm³/mol. The largest absolute Gasteiger partial charge is 0.335 e. The molecule has 0 spiro atoms. The highest BCUT2D eigenvalue weighted by Crippen LogP contribution is 2.32. The molecule has 18 heavy (non-hydrogen) atoms. The molecule has 0 saturated carbocycles.